The number of carbonyl (C=O) groups excluding carboxylic acids is 1. The van der Waals surface area contributed by atoms with Crippen LogP contribution in [0.1, 0.15) is 30.6 Å². The molecular weight excluding hydrogens is 257 g/mol. The molecule has 0 spiro atoms. The summed E-state index contributed by atoms with van der Waals surface area (Å²) in [6.07, 6.45) is -0.0588. The smallest absolute Gasteiger partial charge is 0.255 e. The van der Waals surface area contributed by atoms with Gasteiger partial charge in [0, 0.05) is 6.54 Å². The molecule has 1 aromatic carbocycles. The molecule has 1 unspecified atom stereocenters. The van der Waals surface area contributed by atoms with Crippen LogP contribution >= 0.6 is 11.6 Å². The van der Waals surface area contributed by atoms with E-state index in [1.807, 2.05) is 13.8 Å². The van der Waals surface area contributed by atoms with Crippen molar-refractivity contribution in [1.82, 2.24) is 5.32 Å². The summed E-state index contributed by atoms with van der Waals surface area (Å²) >= 11 is 5.77. The molecule has 3 nitrogen and oxygen atoms in total. The van der Waals surface area contributed by atoms with Gasteiger partial charge < -0.3 is 10.4 Å². The second-order valence-corrected chi connectivity index (χ2v) is 4.86. The van der Waals surface area contributed by atoms with Crippen molar-refractivity contribution in [2.24, 2.45) is 5.92 Å². The predicted octanol–water partition coefficient (Wildman–Crippen LogP) is 2.62. The first-order valence-corrected chi connectivity index (χ1v) is 6.21. The van der Waals surface area contributed by atoms with Crippen LogP contribution in [-0.2, 0) is 0 Å². The molecule has 2 N–H and O–H groups in total. The molecule has 1 atom stereocenters. The number of rotatable bonds is 5. The molecule has 0 saturated carbocycles. The molecule has 100 valence electrons. The number of carbonyl (C=O) groups is 1. The summed E-state index contributed by atoms with van der Waals surface area (Å²) in [6.45, 7) is 4.06. The lowest BCUT2D eigenvalue weighted by molar-refractivity contribution is 0.0916. The Morgan fingerprint density at radius 3 is 2.72 bits per heavy atom. The zero-order valence-corrected chi connectivity index (χ0v) is 11.2. The third-order valence-corrected chi connectivity index (χ3v) is 3.00. The van der Waals surface area contributed by atoms with Crippen LogP contribution in [0.15, 0.2) is 18.2 Å². The predicted molar refractivity (Wildman–Crippen MR) is 69.2 cm³/mol. The van der Waals surface area contributed by atoms with Crippen LogP contribution < -0.4 is 5.32 Å². The fourth-order valence-electron chi connectivity index (χ4n) is 1.47. The summed E-state index contributed by atoms with van der Waals surface area (Å²) < 4.78 is 13.4. The van der Waals surface area contributed by atoms with E-state index in [2.05, 4.69) is 5.32 Å². The van der Waals surface area contributed by atoms with E-state index >= 15 is 0 Å². The van der Waals surface area contributed by atoms with E-state index < -0.39 is 17.8 Å². The Morgan fingerprint density at radius 2 is 2.17 bits per heavy atom. The van der Waals surface area contributed by atoms with Gasteiger partial charge in [-0.2, -0.15) is 0 Å². The lowest BCUT2D eigenvalue weighted by Gasteiger charge is -2.14. The third kappa shape index (κ3) is 3.96. The van der Waals surface area contributed by atoms with Crippen molar-refractivity contribution in [3.63, 3.8) is 0 Å². The van der Waals surface area contributed by atoms with Crippen LogP contribution in [0.3, 0.4) is 0 Å². The Kier molecular flexibility index (Phi) is 5.56. The largest absolute Gasteiger partial charge is 0.393 e. The number of nitrogens with one attached hydrogen (secondary N) is 1. The molecule has 0 aliphatic heterocycles. The Hall–Kier alpha value is -1.13. The standard InChI is InChI=1S/C13H17ClFNO2/c1-8(2)11(17)6-7-16-13(18)12-9(14)4-3-5-10(12)15/h3-5,8,11,17H,6-7H2,1-2H3,(H,16,18). The lowest BCUT2D eigenvalue weighted by Crippen LogP contribution is -2.29. The van der Waals surface area contributed by atoms with Crippen LogP contribution in [0.5, 0.6) is 0 Å². The minimum Gasteiger partial charge on any atom is -0.393 e. The number of aliphatic hydroxyl groups excluding tert-OH is 1. The zero-order chi connectivity index (χ0) is 13.7. The molecule has 0 fully saturated rings. The molecule has 0 saturated heterocycles. The molecule has 5 heteroatoms. The van der Waals surface area contributed by atoms with Gasteiger partial charge in [0.25, 0.3) is 5.91 Å². The quantitative estimate of drug-likeness (QED) is 0.866. The maximum Gasteiger partial charge on any atom is 0.255 e. The maximum atomic E-state index is 13.4. The Bertz CT molecular complexity index is 403. The molecule has 1 amide bonds. The Morgan fingerprint density at radius 1 is 1.50 bits per heavy atom. The van der Waals surface area contributed by atoms with Crippen molar-refractivity contribution in [2.45, 2.75) is 26.4 Å². The van der Waals surface area contributed by atoms with Crippen molar-refractivity contribution in [3.8, 4) is 0 Å². The van der Waals surface area contributed by atoms with Crippen LogP contribution in [0.25, 0.3) is 0 Å². The molecule has 1 rings (SSSR count). The van der Waals surface area contributed by atoms with Gasteiger partial charge in [0.05, 0.1) is 16.7 Å². The van der Waals surface area contributed by atoms with Gasteiger partial charge in [0.2, 0.25) is 0 Å². The highest BCUT2D eigenvalue weighted by molar-refractivity contribution is 6.33. The molecule has 0 aliphatic rings. The highest BCUT2D eigenvalue weighted by atomic mass is 35.5. The average Bonchev–Trinajstić information content (AvgIpc) is 2.28. The topological polar surface area (TPSA) is 49.3 Å². The van der Waals surface area contributed by atoms with Gasteiger partial charge in [-0.15, -0.1) is 0 Å². The molecular formula is C13H17ClFNO2. The second kappa shape index (κ2) is 6.71. The van der Waals surface area contributed by atoms with E-state index in [4.69, 9.17) is 11.6 Å². The fourth-order valence-corrected chi connectivity index (χ4v) is 1.72. The monoisotopic (exact) mass is 273 g/mol. The number of amides is 1. The molecule has 18 heavy (non-hydrogen) atoms. The maximum absolute atomic E-state index is 13.4. The summed E-state index contributed by atoms with van der Waals surface area (Å²) in [5.74, 6) is -1.09. The van der Waals surface area contributed by atoms with Gasteiger partial charge in [-0.25, -0.2) is 4.39 Å². The first-order valence-electron chi connectivity index (χ1n) is 5.83. The molecule has 1 aromatic rings. The van der Waals surface area contributed by atoms with Crippen LogP contribution in [0.4, 0.5) is 4.39 Å². The van der Waals surface area contributed by atoms with E-state index in [-0.39, 0.29) is 23.0 Å². The van der Waals surface area contributed by atoms with E-state index in [1.54, 1.807) is 0 Å². The highest BCUT2D eigenvalue weighted by Crippen LogP contribution is 2.18. The fraction of sp³-hybridized carbons (Fsp3) is 0.462. The molecule has 0 aromatic heterocycles. The molecule has 0 radical (unpaired) electrons. The number of hydrogen-bond donors (Lipinski definition) is 2. The van der Waals surface area contributed by atoms with E-state index in [1.165, 1.54) is 18.2 Å². The van der Waals surface area contributed by atoms with Crippen LogP contribution in [0, 0.1) is 11.7 Å². The Labute approximate surface area is 111 Å². The number of hydrogen-bond acceptors (Lipinski definition) is 2. The number of halogens is 2. The first-order chi connectivity index (χ1) is 8.43. The van der Waals surface area contributed by atoms with Gasteiger partial charge >= 0.3 is 0 Å². The Balaban J connectivity index is 2.56. The summed E-state index contributed by atoms with van der Waals surface area (Å²) in [4.78, 5) is 11.7. The summed E-state index contributed by atoms with van der Waals surface area (Å²) in [7, 11) is 0. The summed E-state index contributed by atoms with van der Waals surface area (Å²) in [6, 6.07) is 4.09. The normalized spacial score (nSPS) is 12.6. The average molecular weight is 274 g/mol. The van der Waals surface area contributed by atoms with Crippen molar-refractivity contribution < 1.29 is 14.3 Å². The molecule has 0 heterocycles. The second-order valence-electron chi connectivity index (χ2n) is 4.45. The lowest BCUT2D eigenvalue weighted by atomic mass is 10.0. The summed E-state index contributed by atoms with van der Waals surface area (Å²) in [5, 5.41) is 12.2. The van der Waals surface area contributed by atoms with E-state index in [0.717, 1.165) is 0 Å². The minimum absolute atomic E-state index is 0.0805. The van der Waals surface area contributed by atoms with Crippen molar-refractivity contribution in [1.29, 1.82) is 0 Å². The van der Waals surface area contributed by atoms with Crippen molar-refractivity contribution in [2.75, 3.05) is 6.54 Å². The molecule has 0 bridgehead atoms. The van der Waals surface area contributed by atoms with Gasteiger partial charge in [0.15, 0.2) is 0 Å². The zero-order valence-electron chi connectivity index (χ0n) is 10.4. The highest BCUT2D eigenvalue weighted by Gasteiger charge is 2.16. The van der Waals surface area contributed by atoms with E-state index in [9.17, 15) is 14.3 Å². The van der Waals surface area contributed by atoms with Crippen LogP contribution in [0.2, 0.25) is 5.02 Å². The molecule has 0 aliphatic carbocycles. The van der Waals surface area contributed by atoms with Gasteiger partial charge in [-0.05, 0) is 24.5 Å². The van der Waals surface area contributed by atoms with Crippen LogP contribution in [-0.4, -0.2) is 23.7 Å². The number of aliphatic hydroxyl groups is 1. The number of benzene rings is 1. The minimum atomic E-state index is -0.649. The van der Waals surface area contributed by atoms with Crippen molar-refractivity contribution >= 4 is 17.5 Å². The van der Waals surface area contributed by atoms with Gasteiger partial charge in [-0.3, -0.25) is 4.79 Å². The van der Waals surface area contributed by atoms with Crippen molar-refractivity contribution in [3.05, 3.63) is 34.6 Å². The van der Waals surface area contributed by atoms with Gasteiger partial charge in [-0.1, -0.05) is 31.5 Å². The third-order valence-electron chi connectivity index (χ3n) is 2.69. The summed E-state index contributed by atoms with van der Waals surface area (Å²) in [5.41, 5.74) is -0.154. The first kappa shape index (κ1) is 14.9. The SMILES string of the molecule is CC(C)C(O)CCNC(=O)c1c(F)cccc1Cl. The van der Waals surface area contributed by atoms with E-state index in [0.29, 0.717) is 6.42 Å². The van der Waals surface area contributed by atoms with Gasteiger partial charge in [0.1, 0.15) is 5.82 Å².